The predicted molar refractivity (Wildman–Crippen MR) is 82.7 cm³/mol. The first-order chi connectivity index (χ1) is 9.35. The minimum absolute atomic E-state index is 0.570. The van der Waals surface area contributed by atoms with Gasteiger partial charge in [0.05, 0.1) is 11.7 Å². The van der Waals surface area contributed by atoms with Crippen LogP contribution in [0, 0.1) is 0 Å². The van der Waals surface area contributed by atoms with E-state index in [9.17, 15) is 0 Å². The van der Waals surface area contributed by atoms with Crippen LogP contribution in [0.3, 0.4) is 0 Å². The maximum absolute atomic E-state index is 4.39. The van der Waals surface area contributed by atoms with Crippen LogP contribution in [0.25, 0.3) is 0 Å². The Morgan fingerprint density at radius 1 is 1.26 bits per heavy atom. The standard InChI is InChI=1S/C15H27N3S/c1-3-4-5-6-9-13-12-18(17-16-13)14-10-7-8-11-15(14)19-2/h12,14-15H,3-11H2,1-2H3. The van der Waals surface area contributed by atoms with E-state index in [2.05, 4.69) is 34.4 Å². The van der Waals surface area contributed by atoms with Crippen molar-refractivity contribution in [2.45, 2.75) is 76.0 Å². The lowest BCUT2D eigenvalue weighted by atomic mass is 9.95. The van der Waals surface area contributed by atoms with E-state index in [1.807, 2.05) is 11.8 Å². The highest BCUT2D eigenvalue weighted by molar-refractivity contribution is 7.99. The number of aromatic nitrogens is 3. The maximum Gasteiger partial charge on any atom is 0.0827 e. The number of hydrogen-bond acceptors (Lipinski definition) is 3. The van der Waals surface area contributed by atoms with Gasteiger partial charge < -0.3 is 0 Å². The highest BCUT2D eigenvalue weighted by atomic mass is 32.2. The second-order valence-corrected chi connectivity index (χ2v) is 6.70. The van der Waals surface area contributed by atoms with Crippen molar-refractivity contribution in [2.75, 3.05) is 6.26 Å². The summed E-state index contributed by atoms with van der Waals surface area (Å²) in [7, 11) is 0. The van der Waals surface area contributed by atoms with E-state index in [-0.39, 0.29) is 0 Å². The Morgan fingerprint density at radius 2 is 2.11 bits per heavy atom. The van der Waals surface area contributed by atoms with E-state index in [0.717, 1.165) is 11.7 Å². The Morgan fingerprint density at radius 3 is 2.89 bits per heavy atom. The second-order valence-electron chi connectivity index (χ2n) is 5.63. The number of nitrogens with zero attached hydrogens (tertiary/aromatic N) is 3. The van der Waals surface area contributed by atoms with Crippen LogP contribution in [0.5, 0.6) is 0 Å². The molecule has 19 heavy (non-hydrogen) atoms. The summed E-state index contributed by atoms with van der Waals surface area (Å²) in [5, 5.41) is 9.48. The van der Waals surface area contributed by atoms with Crippen LogP contribution in [0.2, 0.25) is 0 Å². The quantitative estimate of drug-likeness (QED) is 0.700. The first-order valence-electron chi connectivity index (χ1n) is 7.78. The third kappa shape index (κ3) is 4.23. The average molecular weight is 281 g/mol. The largest absolute Gasteiger partial charge is 0.248 e. The van der Waals surface area contributed by atoms with Gasteiger partial charge in [-0.1, -0.05) is 44.2 Å². The number of rotatable bonds is 7. The van der Waals surface area contributed by atoms with Gasteiger partial charge in [0, 0.05) is 11.4 Å². The van der Waals surface area contributed by atoms with Gasteiger partial charge >= 0.3 is 0 Å². The summed E-state index contributed by atoms with van der Waals surface area (Å²) in [5.74, 6) is 0. The molecule has 1 aromatic rings. The second kappa shape index (κ2) is 7.93. The maximum atomic E-state index is 4.39. The van der Waals surface area contributed by atoms with Gasteiger partial charge in [-0.2, -0.15) is 11.8 Å². The summed E-state index contributed by atoms with van der Waals surface area (Å²) < 4.78 is 2.15. The lowest BCUT2D eigenvalue weighted by Crippen LogP contribution is -2.25. The lowest BCUT2D eigenvalue weighted by molar-refractivity contribution is 0.334. The molecule has 0 bridgehead atoms. The topological polar surface area (TPSA) is 30.7 Å². The molecule has 0 aromatic carbocycles. The van der Waals surface area contributed by atoms with Crippen molar-refractivity contribution in [2.24, 2.45) is 0 Å². The molecule has 108 valence electrons. The van der Waals surface area contributed by atoms with Gasteiger partial charge in [0.2, 0.25) is 0 Å². The van der Waals surface area contributed by atoms with E-state index < -0.39 is 0 Å². The molecule has 2 rings (SSSR count). The summed E-state index contributed by atoms with van der Waals surface area (Å²) in [6.07, 6.45) is 16.0. The first kappa shape index (κ1) is 14.9. The Bertz CT molecular complexity index is 364. The highest BCUT2D eigenvalue weighted by Gasteiger charge is 2.26. The molecule has 0 saturated heterocycles. The Kier molecular flexibility index (Phi) is 6.21. The zero-order chi connectivity index (χ0) is 13.5. The van der Waals surface area contributed by atoms with Crippen molar-refractivity contribution in [1.82, 2.24) is 15.0 Å². The van der Waals surface area contributed by atoms with Crippen LogP contribution >= 0.6 is 11.8 Å². The molecule has 1 aliphatic carbocycles. The molecular weight excluding hydrogens is 254 g/mol. The van der Waals surface area contributed by atoms with Crippen LogP contribution in [0.1, 0.15) is 70.0 Å². The molecule has 1 aliphatic rings. The number of unbranched alkanes of at least 4 members (excludes halogenated alkanes) is 3. The molecular formula is C15H27N3S. The van der Waals surface area contributed by atoms with Gasteiger partial charge in [-0.05, 0) is 31.9 Å². The van der Waals surface area contributed by atoms with Crippen LogP contribution in [-0.4, -0.2) is 26.5 Å². The van der Waals surface area contributed by atoms with Gasteiger partial charge in [0.15, 0.2) is 0 Å². The zero-order valence-corrected chi connectivity index (χ0v) is 13.2. The monoisotopic (exact) mass is 281 g/mol. The van der Waals surface area contributed by atoms with Gasteiger partial charge in [0.1, 0.15) is 0 Å². The molecule has 1 fully saturated rings. The highest BCUT2D eigenvalue weighted by Crippen LogP contribution is 2.35. The van der Waals surface area contributed by atoms with Crippen molar-refractivity contribution < 1.29 is 0 Å². The van der Waals surface area contributed by atoms with Crippen molar-refractivity contribution >= 4 is 11.8 Å². The average Bonchev–Trinajstić information content (AvgIpc) is 2.92. The van der Waals surface area contributed by atoms with Gasteiger partial charge in [-0.15, -0.1) is 5.10 Å². The van der Waals surface area contributed by atoms with Crippen molar-refractivity contribution in [3.8, 4) is 0 Å². The Balaban J connectivity index is 1.88. The first-order valence-corrected chi connectivity index (χ1v) is 9.07. The van der Waals surface area contributed by atoms with Gasteiger partial charge in [-0.25, -0.2) is 4.68 Å². The van der Waals surface area contributed by atoms with Crippen LogP contribution in [0.15, 0.2) is 6.20 Å². The van der Waals surface area contributed by atoms with Crippen molar-refractivity contribution in [1.29, 1.82) is 0 Å². The summed E-state index contributed by atoms with van der Waals surface area (Å²) in [5.41, 5.74) is 1.18. The SMILES string of the molecule is CCCCCCc1cn(C2CCCCC2SC)nn1. The molecule has 0 spiro atoms. The fraction of sp³-hybridized carbons (Fsp3) is 0.867. The molecule has 1 aromatic heterocycles. The summed E-state index contributed by atoms with van der Waals surface area (Å²) in [4.78, 5) is 0. The summed E-state index contributed by atoms with van der Waals surface area (Å²) >= 11 is 1.99. The predicted octanol–water partition coefficient (Wildman–Crippen LogP) is 4.25. The number of thioether (sulfide) groups is 1. The molecule has 2 atom stereocenters. The van der Waals surface area contributed by atoms with E-state index in [4.69, 9.17) is 0 Å². The van der Waals surface area contributed by atoms with Crippen LogP contribution in [-0.2, 0) is 6.42 Å². The van der Waals surface area contributed by atoms with Crippen molar-refractivity contribution in [3.05, 3.63) is 11.9 Å². The Labute approximate surface area is 121 Å². The molecule has 1 heterocycles. The van der Waals surface area contributed by atoms with Gasteiger partial charge in [0.25, 0.3) is 0 Å². The zero-order valence-electron chi connectivity index (χ0n) is 12.3. The molecule has 0 N–H and O–H groups in total. The van der Waals surface area contributed by atoms with Crippen LogP contribution in [0.4, 0.5) is 0 Å². The van der Waals surface area contributed by atoms with Gasteiger partial charge in [-0.3, -0.25) is 0 Å². The minimum atomic E-state index is 0.570. The Hall–Kier alpha value is -0.510. The minimum Gasteiger partial charge on any atom is -0.248 e. The normalized spacial score (nSPS) is 23.7. The van der Waals surface area contributed by atoms with Crippen LogP contribution < -0.4 is 0 Å². The summed E-state index contributed by atoms with van der Waals surface area (Å²) in [6, 6.07) is 0.570. The fourth-order valence-corrected chi connectivity index (χ4v) is 3.96. The fourth-order valence-electron chi connectivity index (χ4n) is 2.98. The number of aryl methyl sites for hydroxylation is 1. The smallest absolute Gasteiger partial charge is 0.0827 e. The molecule has 0 aliphatic heterocycles. The molecule has 0 amide bonds. The third-order valence-electron chi connectivity index (χ3n) is 4.15. The lowest BCUT2D eigenvalue weighted by Gasteiger charge is -2.29. The molecule has 3 nitrogen and oxygen atoms in total. The molecule has 4 heteroatoms. The van der Waals surface area contributed by atoms with E-state index >= 15 is 0 Å². The third-order valence-corrected chi connectivity index (χ3v) is 5.31. The van der Waals surface area contributed by atoms with E-state index in [0.29, 0.717) is 6.04 Å². The molecule has 0 radical (unpaired) electrons. The number of hydrogen-bond donors (Lipinski definition) is 0. The summed E-state index contributed by atoms with van der Waals surface area (Å²) in [6.45, 7) is 2.25. The molecule has 2 unspecified atom stereocenters. The van der Waals surface area contributed by atoms with Crippen molar-refractivity contribution in [3.63, 3.8) is 0 Å². The van der Waals surface area contributed by atoms with E-state index in [1.54, 1.807) is 0 Å². The molecule has 1 saturated carbocycles. The van der Waals surface area contributed by atoms with E-state index in [1.165, 1.54) is 57.1 Å².